The van der Waals surface area contributed by atoms with Crippen LogP contribution in [0.3, 0.4) is 0 Å². The summed E-state index contributed by atoms with van der Waals surface area (Å²) in [6.45, 7) is 6.44. The molecular formula is C17H20N2O3. The third-order valence-electron chi connectivity index (χ3n) is 3.69. The Morgan fingerprint density at radius 2 is 2.23 bits per heavy atom. The predicted octanol–water partition coefficient (Wildman–Crippen LogP) is 3.46. The summed E-state index contributed by atoms with van der Waals surface area (Å²) < 4.78 is 16.6. The minimum Gasteiger partial charge on any atom is -0.493 e. The average molecular weight is 300 g/mol. The van der Waals surface area contributed by atoms with Gasteiger partial charge in [0, 0.05) is 17.5 Å². The number of hydrogen-bond donors (Lipinski definition) is 1. The first kappa shape index (κ1) is 14.5. The van der Waals surface area contributed by atoms with Gasteiger partial charge in [0.25, 0.3) is 0 Å². The minimum absolute atomic E-state index is 0.206. The second kappa shape index (κ2) is 5.75. The van der Waals surface area contributed by atoms with E-state index in [0.29, 0.717) is 23.7 Å². The van der Waals surface area contributed by atoms with Crippen LogP contribution in [0, 0.1) is 6.92 Å². The van der Waals surface area contributed by atoms with Crippen LogP contribution in [0.5, 0.6) is 11.5 Å². The van der Waals surface area contributed by atoms with E-state index in [1.807, 2.05) is 25.1 Å². The van der Waals surface area contributed by atoms with Crippen LogP contribution >= 0.6 is 0 Å². The van der Waals surface area contributed by atoms with Crippen molar-refractivity contribution in [2.24, 2.45) is 0 Å². The van der Waals surface area contributed by atoms with Crippen molar-refractivity contribution in [1.82, 2.24) is 5.16 Å². The van der Waals surface area contributed by atoms with Crippen molar-refractivity contribution in [3.05, 3.63) is 34.7 Å². The van der Waals surface area contributed by atoms with Gasteiger partial charge in [0.05, 0.1) is 6.61 Å². The third kappa shape index (κ3) is 2.66. The van der Waals surface area contributed by atoms with Crippen LogP contribution in [-0.2, 0) is 6.42 Å². The number of ether oxygens (including phenoxy) is 2. The van der Waals surface area contributed by atoms with E-state index in [1.54, 1.807) is 6.92 Å². The zero-order valence-corrected chi connectivity index (χ0v) is 13.1. The van der Waals surface area contributed by atoms with Crippen molar-refractivity contribution < 1.29 is 14.0 Å². The minimum atomic E-state index is 0.206. The van der Waals surface area contributed by atoms with E-state index < -0.39 is 0 Å². The highest BCUT2D eigenvalue weighted by molar-refractivity contribution is 5.77. The number of nitrogens with two attached hydrogens (primary N) is 1. The molecule has 1 aromatic heterocycles. The van der Waals surface area contributed by atoms with Gasteiger partial charge in [-0.05, 0) is 45.1 Å². The van der Waals surface area contributed by atoms with E-state index in [0.717, 1.165) is 23.5 Å². The molecule has 1 aliphatic rings. The molecule has 1 aromatic carbocycles. The quantitative estimate of drug-likeness (QED) is 0.936. The Hall–Kier alpha value is -2.43. The van der Waals surface area contributed by atoms with Gasteiger partial charge in [0.1, 0.15) is 29.0 Å². The highest BCUT2D eigenvalue weighted by atomic mass is 16.5. The number of benzene rings is 1. The zero-order chi connectivity index (χ0) is 15.7. The van der Waals surface area contributed by atoms with Crippen LogP contribution in [-0.4, -0.2) is 17.9 Å². The Kier molecular flexibility index (Phi) is 3.79. The molecule has 0 radical (unpaired) electrons. The van der Waals surface area contributed by atoms with Gasteiger partial charge in [-0.25, -0.2) is 0 Å². The van der Waals surface area contributed by atoms with Crippen molar-refractivity contribution in [3.63, 3.8) is 0 Å². The molecule has 0 spiro atoms. The van der Waals surface area contributed by atoms with Crippen molar-refractivity contribution in [3.8, 4) is 11.5 Å². The monoisotopic (exact) mass is 300 g/mol. The van der Waals surface area contributed by atoms with E-state index in [2.05, 4.69) is 18.1 Å². The standard InChI is InChI=1S/C17H20N2O3/c1-4-20-15-9-13-7-10(2)21-16(13)8-12(15)5-6-14-17(18)11(3)22-19-14/h5-6,8-10H,4,7,18H2,1-3H3/b6-5+. The number of hydrogen-bond acceptors (Lipinski definition) is 5. The van der Waals surface area contributed by atoms with E-state index in [1.165, 1.54) is 5.56 Å². The molecule has 5 nitrogen and oxygen atoms in total. The number of rotatable bonds is 4. The van der Waals surface area contributed by atoms with Gasteiger partial charge in [0.15, 0.2) is 5.76 Å². The Bertz CT molecular complexity index is 719. The normalized spacial score (nSPS) is 16.8. The highest BCUT2D eigenvalue weighted by Gasteiger charge is 2.21. The second-order valence-corrected chi connectivity index (χ2v) is 5.43. The van der Waals surface area contributed by atoms with Crippen LogP contribution in [0.15, 0.2) is 16.7 Å². The first-order chi connectivity index (χ1) is 10.6. The molecule has 22 heavy (non-hydrogen) atoms. The molecule has 0 bridgehead atoms. The Labute approximate surface area is 129 Å². The molecule has 0 saturated heterocycles. The summed E-state index contributed by atoms with van der Waals surface area (Å²) in [5.41, 5.74) is 9.21. The summed E-state index contributed by atoms with van der Waals surface area (Å²) in [4.78, 5) is 0. The molecule has 3 rings (SSSR count). The van der Waals surface area contributed by atoms with E-state index in [-0.39, 0.29) is 6.10 Å². The van der Waals surface area contributed by atoms with Gasteiger partial charge in [-0.3, -0.25) is 0 Å². The molecule has 2 N–H and O–H groups in total. The van der Waals surface area contributed by atoms with Crippen LogP contribution in [0.1, 0.15) is 36.4 Å². The number of nitrogens with zero attached hydrogens (tertiary/aromatic N) is 1. The Balaban J connectivity index is 1.95. The van der Waals surface area contributed by atoms with E-state index in [9.17, 15) is 0 Å². The lowest BCUT2D eigenvalue weighted by molar-refractivity contribution is 0.254. The first-order valence-corrected chi connectivity index (χ1v) is 7.44. The van der Waals surface area contributed by atoms with Crippen molar-refractivity contribution in [2.45, 2.75) is 33.3 Å². The maximum absolute atomic E-state index is 5.91. The fraction of sp³-hybridized carbons (Fsp3) is 0.353. The maximum Gasteiger partial charge on any atom is 0.157 e. The molecule has 116 valence electrons. The molecule has 2 heterocycles. The average Bonchev–Trinajstić information content (AvgIpc) is 3.00. The summed E-state index contributed by atoms with van der Waals surface area (Å²) in [6, 6.07) is 4.06. The van der Waals surface area contributed by atoms with E-state index >= 15 is 0 Å². The third-order valence-corrected chi connectivity index (χ3v) is 3.69. The van der Waals surface area contributed by atoms with Crippen molar-refractivity contribution in [1.29, 1.82) is 0 Å². The van der Waals surface area contributed by atoms with Crippen LogP contribution in [0.25, 0.3) is 12.2 Å². The molecule has 0 amide bonds. The summed E-state index contributed by atoms with van der Waals surface area (Å²) in [6.07, 6.45) is 4.87. The highest BCUT2D eigenvalue weighted by Crippen LogP contribution is 2.36. The molecule has 1 aliphatic heterocycles. The molecule has 0 saturated carbocycles. The SMILES string of the molecule is CCOc1cc2c(cc1/C=C/c1noc(C)c1N)OC(C)C2. The fourth-order valence-electron chi connectivity index (χ4n) is 2.55. The largest absolute Gasteiger partial charge is 0.493 e. The topological polar surface area (TPSA) is 70.5 Å². The summed E-state index contributed by atoms with van der Waals surface area (Å²) >= 11 is 0. The summed E-state index contributed by atoms with van der Waals surface area (Å²) in [5, 5.41) is 3.93. The van der Waals surface area contributed by atoms with Gasteiger partial charge in [-0.15, -0.1) is 0 Å². The molecule has 1 atom stereocenters. The zero-order valence-electron chi connectivity index (χ0n) is 13.1. The van der Waals surface area contributed by atoms with Gasteiger partial charge in [-0.1, -0.05) is 5.16 Å². The van der Waals surface area contributed by atoms with Gasteiger partial charge >= 0.3 is 0 Å². The smallest absolute Gasteiger partial charge is 0.157 e. The molecule has 5 heteroatoms. The summed E-state index contributed by atoms with van der Waals surface area (Å²) in [7, 11) is 0. The molecular weight excluding hydrogens is 280 g/mol. The lowest BCUT2D eigenvalue weighted by Gasteiger charge is -2.09. The van der Waals surface area contributed by atoms with Gasteiger partial charge < -0.3 is 19.7 Å². The van der Waals surface area contributed by atoms with Gasteiger partial charge in [-0.2, -0.15) is 0 Å². The summed E-state index contributed by atoms with van der Waals surface area (Å²) in [5.74, 6) is 2.38. The number of fused-ring (bicyclic) bond motifs is 1. The first-order valence-electron chi connectivity index (χ1n) is 7.44. The number of anilines is 1. The molecule has 0 fully saturated rings. The maximum atomic E-state index is 5.91. The van der Waals surface area contributed by atoms with Crippen LogP contribution in [0.4, 0.5) is 5.69 Å². The number of aryl methyl sites for hydroxylation is 1. The van der Waals surface area contributed by atoms with Gasteiger partial charge in [0.2, 0.25) is 0 Å². The van der Waals surface area contributed by atoms with E-state index in [4.69, 9.17) is 19.7 Å². The molecule has 2 aromatic rings. The molecule has 1 unspecified atom stereocenters. The van der Waals surface area contributed by atoms with Crippen molar-refractivity contribution in [2.75, 3.05) is 12.3 Å². The number of nitrogen functional groups attached to an aromatic ring is 1. The second-order valence-electron chi connectivity index (χ2n) is 5.43. The number of aromatic nitrogens is 1. The lowest BCUT2D eigenvalue weighted by atomic mass is 10.1. The lowest BCUT2D eigenvalue weighted by Crippen LogP contribution is -2.05. The van der Waals surface area contributed by atoms with Crippen LogP contribution in [0.2, 0.25) is 0 Å². The Morgan fingerprint density at radius 1 is 1.41 bits per heavy atom. The molecule has 0 aliphatic carbocycles. The fourth-order valence-corrected chi connectivity index (χ4v) is 2.55. The Morgan fingerprint density at radius 3 is 2.91 bits per heavy atom. The predicted molar refractivity (Wildman–Crippen MR) is 86.0 cm³/mol. The van der Waals surface area contributed by atoms with Crippen molar-refractivity contribution >= 4 is 17.8 Å². The van der Waals surface area contributed by atoms with Crippen LogP contribution < -0.4 is 15.2 Å².